The van der Waals surface area contributed by atoms with Crippen molar-refractivity contribution < 1.29 is 22.7 Å². The van der Waals surface area contributed by atoms with Crippen molar-refractivity contribution in [3.63, 3.8) is 0 Å². The number of Topliss-reactive ketones (excluding diaryl/α,β-unsaturated/α-hetero) is 1. The highest BCUT2D eigenvalue weighted by Gasteiger charge is 2.19. The number of esters is 1. The molecule has 1 N–H and O–H groups in total. The normalized spacial score (nSPS) is 11.9. The van der Waals surface area contributed by atoms with E-state index in [1.165, 1.54) is 6.08 Å². The number of carbonyl (C=O) groups excluding carboxylic acids is 2. The van der Waals surface area contributed by atoms with E-state index in [0.717, 1.165) is 16.8 Å². The number of nitrogens with one attached hydrogen (secondary N) is 1. The zero-order valence-corrected chi connectivity index (χ0v) is 17.8. The zero-order valence-electron chi connectivity index (χ0n) is 17.0. The number of aryl methyl sites for hydroxylation is 1. The Bertz CT molecular complexity index is 1010. The summed E-state index contributed by atoms with van der Waals surface area (Å²) >= 11 is 0. The van der Waals surface area contributed by atoms with Gasteiger partial charge in [-0.2, -0.15) is 0 Å². The number of carbonyl (C=O) groups is 2. The number of aromatic nitrogens is 1. The molecule has 7 nitrogen and oxygen atoms in total. The zero-order chi connectivity index (χ0) is 21.6. The van der Waals surface area contributed by atoms with Crippen LogP contribution in [0.3, 0.4) is 0 Å². The maximum atomic E-state index is 12.4. The van der Waals surface area contributed by atoms with Gasteiger partial charge in [-0.3, -0.25) is 9.59 Å². The maximum absolute atomic E-state index is 12.4. The third-order valence-corrected chi connectivity index (χ3v) is 5.36. The molecule has 29 heavy (non-hydrogen) atoms. The van der Waals surface area contributed by atoms with Crippen LogP contribution in [0.5, 0.6) is 0 Å². The van der Waals surface area contributed by atoms with E-state index in [-0.39, 0.29) is 11.8 Å². The second-order valence-corrected chi connectivity index (χ2v) is 8.56. The first-order chi connectivity index (χ1) is 13.6. The largest absolute Gasteiger partial charge is 0.456 e. The van der Waals surface area contributed by atoms with E-state index in [1.807, 2.05) is 38.3 Å². The molecule has 0 radical (unpaired) electrons. The topological polar surface area (TPSA) is 94.5 Å². The molecule has 0 aliphatic rings. The Morgan fingerprint density at radius 1 is 1.17 bits per heavy atom. The molecule has 2 aromatic rings. The number of hydrogen-bond acceptors (Lipinski definition) is 5. The first-order valence-corrected chi connectivity index (χ1v) is 10.8. The molecule has 0 bridgehead atoms. The van der Waals surface area contributed by atoms with E-state index in [0.29, 0.717) is 11.1 Å². The van der Waals surface area contributed by atoms with Crippen molar-refractivity contribution in [2.75, 3.05) is 13.2 Å². The molecule has 0 atom stereocenters. The second kappa shape index (κ2) is 9.67. The summed E-state index contributed by atoms with van der Waals surface area (Å²) in [7, 11) is -3.80. The van der Waals surface area contributed by atoms with E-state index >= 15 is 0 Å². The van der Waals surface area contributed by atoms with Crippen LogP contribution in [-0.2, 0) is 19.6 Å². The van der Waals surface area contributed by atoms with Crippen molar-refractivity contribution in [3.8, 4) is 0 Å². The van der Waals surface area contributed by atoms with Crippen LogP contribution < -0.4 is 4.72 Å². The SMILES string of the molecule is Cc1cc(C(=O)COC(=O)CNS(=O)(=O)/C=C/c2ccccc2)c(C)n1C(C)C. The molecule has 156 valence electrons. The molecule has 0 aliphatic carbocycles. The summed E-state index contributed by atoms with van der Waals surface area (Å²) in [6.07, 6.45) is 1.42. The molecule has 8 heteroatoms. The minimum Gasteiger partial charge on any atom is -0.456 e. The average Bonchev–Trinajstić information content (AvgIpc) is 2.98. The van der Waals surface area contributed by atoms with Gasteiger partial charge in [0.25, 0.3) is 0 Å². The smallest absolute Gasteiger partial charge is 0.321 e. The Morgan fingerprint density at radius 2 is 1.83 bits per heavy atom. The molecule has 1 heterocycles. The average molecular weight is 419 g/mol. The molecule has 0 spiro atoms. The fourth-order valence-electron chi connectivity index (χ4n) is 3.07. The second-order valence-electron chi connectivity index (χ2n) is 6.91. The van der Waals surface area contributed by atoms with Crippen LogP contribution in [0, 0.1) is 13.8 Å². The lowest BCUT2D eigenvalue weighted by Gasteiger charge is -2.13. The first-order valence-electron chi connectivity index (χ1n) is 9.21. The van der Waals surface area contributed by atoms with Crippen molar-refractivity contribution >= 4 is 27.9 Å². The van der Waals surface area contributed by atoms with Crippen LogP contribution in [0.25, 0.3) is 6.08 Å². The fourth-order valence-corrected chi connectivity index (χ4v) is 3.82. The van der Waals surface area contributed by atoms with Gasteiger partial charge in [-0.05, 0) is 45.4 Å². The lowest BCUT2D eigenvalue weighted by molar-refractivity contribution is -0.141. The van der Waals surface area contributed by atoms with Gasteiger partial charge in [-0.25, -0.2) is 13.1 Å². The molecule has 2 rings (SSSR count). The summed E-state index contributed by atoms with van der Waals surface area (Å²) in [4.78, 5) is 24.2. The van der Waals surface area contributed by atoms with Crippen molar-refractivity contribution in [3.05, 3.63) is 64.3 Å². The van der Waals surface area contributed by atoms with E-state index in [4.69, 9.17) is 4.74 Å². The highest BCUT2D eigenvalue weighted by atomic mass is 32.2. The highest BCUT2D eigenvalue weighted by molar-refractivity contribution is 7.92. The number of ether oxygens (including phenoxy) is 1. The van der Waals surface area contributed by atoms with Crippen LogP contribution >= 0.6 is 0 Å². The molecule has 0 aliphatic heterocycles. The fraction of sp³-hybridized carbons (Fsp3) is 0.333. The van der Waals surface area contributed by atoms with Gasteiger partial charge in [0.15, 0.2) is 6.61 Å². The molecular weight excluding hydrogens is 392 g/mol. The van der Waals surface area contributed by atoms with Gasteiger partial charge in [0.1, 0.15) is 6.54 Å². The van der Waals surface area contributed by atoms with Crippen LogP contribution in [0.4, 0.5) is 0 Å². The Balaban J connectivity index is 1.87. The van der Waals surface area contributed by atoms with Gasteiger partial charge in [0.05, 0.1) is 0 Å². The van der Waals surface area contributed by atoms with E-state index in [2.05, 4.69) is 4.72 Å². The van der Waals surface area contributed by atoms with E-state index in [1.54, 1.807) is 30.3 Å². The molecule has 0 amide bonds. The number of nitrogens with zero attached hydrogens (tertiary/aromatic N) is 1. The van der Waals surface area contributed by atoms with E-state index < -0.39 is 29.1 Å². The molecule has 0 unspecified atom stereocenters. The van der Waals surface area contributed by atoms with Gasteiger partial charge in [0, 0.05) is 28.4 Å². The lowest BCUT2D eigenvalue weighted by atomic mass is 10.1. The minimum atomic E-state index is -3.80. The number of benzene rings is 1. The Hall–Kier alpha value is -2.71. The van der Waals surface area contributed by atoms with Crippen molar-refractivity contribution in [2.45, 2.75) is 33.7 Å². The van der Waals surface area contributed by atoms with Gasteiger partial charge < -0.3 is 9.30 Å². The van der Waals surface area contributed by atoms with Gasteiger partial charge in [0.2, 0.25) is 15.8 Å². The molecular formula is C21H26N2O5S. The Labute approximate surface area is 171 Å². The van der Waals surface area contributed by atoms with Crippen LogP contribution in [0.2, 0.25) is 0 Å². The Kier molecular flexibility index (Phi) is 7.53. The van der Waals surface area contributed by atoms with Crippen molar-refractivity contribution in [2.24, 2.45) is 0 Å². The monoisotopic (exact) mass is 418 g/mol. The summed E-state index contributed by atoms with van der Waals surface area (Å²) in [6, 6.07) is 10.9. The van der Waals surface area contributed by atoms with E-state index in [9.17, 15) is 18.0 Å². The van der Waals surface area contributed by atoms with Crippen LogP contribution in [0.15, 0.2) is 41.8 Å². The highest BCUT2D eigenvalue weighted by Crippen LogP contribution is 2.20. The summed E-state index contributed by atoms with van der Waals surface area (Å²) in [5.74, 6) is -1.15. The summed E-state index contributed by atoms with van der Waals surface area (Å²) in [5.41, 5.74) is 2.97. The third-order valence-electron chi connectivity index (χ3n) is 4.32. The predicted molar refractivity (Wildman–Crippen MR) is 112 cm³/mol. The number of sulfonamides is 1. The van der Waals surface area contributed by atoms with Gasteiger partial charge >= 0.3 is 5.97 Å². The molecule has 0 fully saturated rings. The molecule has 1 aromatic heterocycles. The van der Waals surface area contributed by atoms with Crippen molar-refractivity contribution in [1.29, 1.82) is 0 Å². The minimum absolute atomic E-state index is 0.206. The lowest BCUT2D eigenvalue weighted by Crippen LogP contribution is -2.30. The Morgan fingerprint density at radius 3 is 2.41 bits per heavy atom. The number of ketones is 1. The maximum Gasteiger partial charge on any atom is 0.321 e. The van der Waals surface area contributed by atoms with Gasteiger partial charge in [-0.1, -0.05) is 30.3 Å². The summed E-state index contributed by atoms with van der Waals surface area (Å²) in [5, 5.41) is 0.974. The third kappa shape index (κ3) is 6.40. The van der Waals surface area contributed by atoms with Crippen molar-refractivity contribution in [1.82, 2.24) is 9.29 Å². The molecule has 0 saturated heterocycles. The first kappa shape index (κ1) is 22.6. The molecule has 0 saturated carbocycles. The number of hydrogen-bond donors (Lipinski definition) is 1. The summed E-state index contributed by atoms with van der Waals surface area (Å²) < 4.78 is 33.0. The molecule has 1 aromatic carbocycles. The number of rotatable bonds is 9. The summed E-state index contributed by atoms with van der Waals surface area (Å²) in [6.45, 7) is 6.80. The standard InChI is InChI=1S/C21H26N2O5S/c1-15(2)23-16(3)12-19(17(23)4)20(24)14-28-21(25)13-22-29(26,27)11-10-18-8-6-5-7-9-18/h5-12,15,22H,13-14H2,1-4H3/b11-10+. The van der Waals surface area contributed by atoms with Crippen LogP contribution in [0.1, 0.15) is 47.2 Å². The quantitative estimate of drug-likeness (QED) is 0.499. The predicted octanol–water partition coefficient (Wildman–Crippen LogP) is 3.00. The van der Waals surface area contributed by atoms with Crippen LogP contribution in [-0.4, -0.2) is 37.9 Å². The van der Waals surface area contributed by atoms with Gasteiger partial charge in [-0.15, -0.1) is 0 Å².